The molecule has 9 N–H and O–H groups in total. The number of amides is 1. The van der Waals surface area contributed by atoms with E-state index in [9.17, 15) is 63.5 Å². The van der Waals surface area contributed by atoms with E-state index in [4.69, 9.17) is 18.6 Å². The summed E-state index contributed by atoms with van der Waals surface area (Å²) in [5, 5.41) is 39.5. The molecular weight excluding hydrogens is 794 g/mol. The Morgan fingerprint density at radius 2 is 1.42 bits per heavy atom. The molecule has 0 saturated heterocycles. The van der Waals surface area contributed by atoms with Crippen LogP contribution in [0.1, 0.15) is 35.2 Å². The van der Waals surface area contributed by atoms with Crippen LogP contribution in [0.2, 0.25) is 0 Å². The first-order valence-electron chi connectivity index (χ1n) is 17.5. The predicted molar refractivity (Wildman–Crippen MR) is 200 cm³/mol. The van der Waals surface area contributed by atoms with E-state index in [2.05, 4.69) is 5.32 Å². The van der Waals surface area contributed by atoms with E-state index in [0.717, 1.165) is 0 Å². The number of pyridine rings is 1. The molecule has 0 radical (unpaired) electrons. The number of carbonyl (C=O) groups is 2. The van der Waals surface area contributed by atoms with Crippen LogP contribution in [0.3, 0.4) is 0 Å². The fourth-order valence-corrected chi connectivity index (χ4v) is 7.49. The van der Waals surface area contributed by atoms with Crippen LogP contribution in [0.25, 0.3) is 22.3 Å². The number of ether oxygens (including phenoxy) is 3. The normalized spacial score (nSPS) is 12.8. The van der Waals surface area contributed by atoms with Gasteiger partial charge in [0.25, 0.3) is 11.0 Å². The lowest BCUT2D eigenvalue weighted by Gasteiger charge is -2.29. The largest absolute Gasteiger partial charge is 0.504 e. The van der Waals surface area contributed by atoms with Gasteiger partial charge in [0.2, 0.25) is 5.75 Å². The van der Waals surface area contributed by atoms with Crippen molar-refractivity contribution in [1.29, 1.82) is 0 Å². The minimum absolute atomic E-state index is 0.0382. The van der Waals surface area contributed by atoms with Crippen molar-refractivity contribution in [2.24, 2.45) is 0 Å². The zero-order valence-electron chi connectivity index (χ0n) is 30.5. The zero-order valence-corrected chi connectivity index (χ0v) is 32.3. The van der Waals surface area contributed by atoms with Gasteiger partial charge in [0.05, 0.1) is 45.0 Å². The molecule has 2 aromatic carbocycles. The second-order valence-corrected chi connectivity index (χ2v) is 16.9. The van der Waals surface area contributed by atoms with E-state index >= 15 is 0 Å². The first-order chi connectivity index (χ1) is 26.9. The van der Waals surface area contributed by atoms with Crippen LogP contribution in [0.4, 0.5) is 0 Å². The summed E-state index contributed by atoms with van der Waals surface area (Å²) in [4.78, 5) is 74.4. The maximum Gasteiger partial charge on any atom is 0.369 e. The molecule has 4 rings (SSSR count). The summed E-state index contributed by atoms with van der Waals surface area (Å²) in [6.07, 6.45) is 1.25. The lowest BCUT2D eigenvalue weighted by Crippen LogP contribution is -2.39. The molecule has 2 heterocycles. The minimum atomic E-state index is -5.60. The number of Topliss-reactive ketones (excluding diaryl/α,β-unsaturated/α-hetero) is 1. The molecular formula is C36H45N2O17P2+. The van der Waals surface area contributed by atoms with Crippen molar-refractivity contribution in [3.63, 3.8) is 0 Å². The summed E-state index contributed by atoms with van der Waals surface area (Å²) in [6, 6.07) is 12.7. The predicted octanol–water partition coefficient (Wildman–Crippen LogP) is 1.28. The third kappa shape index (κ3) is 12.8. The van der Waals surface area contributed by atoms with Gasteiger partial charge in [0.15, 0.2) is 35.7 Å². The molecule has 1 amide bonds. The van der Waals surface area contributed by atoms with Gasteiger partial charge in [0.1, 0.15) is 17.6 Å². The van der Waals surface area contributed by atoms with E-state index < -0.39 is 49.7 Å². The summed E-state index contributed by atoms with van der Waals surface area (Å²) in [7, 11) is -11.2. The number of hydrogen-bond acceptors (Lipinski definition) is 13. The molecule has 0 spiro atoms. The van der Waals surface area contributed by atoms with Crippen molar-refractivity contribution in [3.05, 3.63) is 88.3 Å². The highest BCUT2D eigenvalue weighted by Gasteiger charge is 2.59. The fourth-order valence-electron chi connectivity index (χ4n) is 5.35. The maximum absolute atomic E-state index is 12.5. The van der Waals surface area contributed by atoms with E-state index in [-0.39, 0.29) is 106 Å². The van der Waals surface area contributed by atoms with Crippen molar-refractivity contribution in [2.75, 3.05) is 46.2 Å². The highest BCUT2D eigenvalue weighted by Crippen LogP contribution is 2.68. The SMILES string of the molecule is O=C(CCOCCOCCOCCNC(=O)c1ccc(-c2cc(=O)c3ccc(O)c(O)c3o2)cc1)CCC(O)C[n+]1ccc(CC(O)(P(=O)(O)O)P(=O)(O)O)cc1. The maximum atomic E-state index is 12.5. The molecule has 4 aromatic rings. The minimum Gasteiger partial charge on any atom is -0.504 e. The van der Waals surface area contributed by atoms with Crippen molar-refractivity contribution in [3.8, 4) is 22.8 Å². The van der Waals surface area contributed by atoms with Crippen molar-refractivity contribution >= 4 is 37.9 Å². The first kappa shape index (κ1) is 45.3. The van der Waals surface area contributed by atoms with E-state index in [0.29, 0.717) is 11.1 Å². The molecule has 19 nitrogen and oxygen atoms in total. The van der Waals surface area contributed by atoms with Gasteiger partial charge < -0.3 is 63.9 Å². The second kappa shape index (κ2) is 20.4. The Labute approximate surface area is 325 Å². The van der Waals surface area contributed by atoms with Crippen LogP contribution in [-0.4, -0.2) is 109 Å². The molecule has 57 heavy (non-hydrogen) atoms. The number of fused-ring (bicyclic) bond motifs is 1. The molecule has 1 atom stereocenters. The highest BCUT2D eigenvalue weighted by molar-refractivity contribution is 7.72. The number of hydrogen-bond donors (Lipinski definition) is 9. The Bertz CT molecular complexity index is 2110. The van der Waals surface area contributed by atoms with E-state index in [1.807, 2.05) is 0 Å². The number of ketones is 1. The van der Waals surface area contributed by atoms with Gasteiger partial charge in [0, 0.05) is 55.1 Å². The number of aromatic hydroxyl groups is 2. The van der Waals surface area contributed by atoms with Crippen molar-refractivity contribution < 1.29 is 81.9 Å². The molecule has 2 aromatic heterocycles. The summed E-state index contributed by atoms with van der Waals surface area (Å²) in [5.41, 5.74) is 0.337. The molecule has 0 bridgehead atoms. The summed E-state index contributed by atoms with van der Waals surface area (Å²) in [6.45, 7) is 1.77. The van der Waals surface area contributed by atoms with Crippen LogP contribution in [0.15, 0.2) is 76.2 Å². The number of carbonyl (C=O) groups excluding carboxylic acids is 2. The number of phenolic OH excluding ortho intramolecular Hbond substituents is 2. The van der Waals surface area contributed by atoms with Crippen LogP contribution >= 0.6 is 15.2 Å². The monoisotopic (exact) mass is 839 g/mol. The Kier molecular flexibility index (Phi) is 16.2. The van der Waals surface area contributed by atoms with Gasteiger partial charge in [-0.25, -0.2) is 4.57 Å². The molecule has 21 heteroatoms. The second-order valence-electron chi connectivity index (χ2n) is 12.9. The Morgan fingerprint density at radius 3 is 2.04 bits per heavy atom. The highest BCUT2D eigenvalue weighted by atomic mass is 31.2. The quantitative estimate of drug-likeness (QED) is 0.0220. The number of aliphatic hydroxyl groups is 2. The molecule has 0 fully saturated rings. The lowest BCUT2D eigenvalue weighted by molar-refractivity contribution is -0.703. The zero-order chi connectivity index (χ0) is 41.8. The summed E-state index contributed by atoms with van der Waals surface area (Å²) in [5.74, 6) is -1.27. The van der Waals surface area contributed by atoms with Crippen LogP contribution in [0.5, 0.6) is 11.5 Å². The molecule has 1 unspecified atom stereocenters. The van der Waals surface area contributed by atoms with E-state index in [1.165, 1.54) is 47.3 Å². The van der Waals surface area contributed by atoms with Gasteiger partial charge >= 0.3 is 15.2 Å². The average molecular weight is 840 g/mol. The Morgan fingerprint density at radius 1 is 0.825 bits per heavy atom. The summed E-state index contributed by atoms with van der Waals surface area (Å²) < 4.78 is 46.6. The van der Waals surface area contributed by atoms with Crippen LogP contribution in [0, 0.1) is 0 Å². The van der Waals surface area contributed by atoms with Gasteiger partial charge in [-0.2, -0.15) is 0 Å². The number of nitrogens with zero attached hydrogens (tertiary/aromatic N) is 1. The van der Waals surface area contributed by atoms with Crippen LogP contribution < -0.4 is 15.3 Å². The number of benzene rings is 2. The topological polar surface area (TPSA) is 304 Å². The van der Waals surface area contributed by atoms with Crippen molar-refractivity contribution in [1.82, 2.24) is 5.32 Å². The number of nitrogens with one attached hydrogen (secondary N) is 1. The number of aromatic nitrogens is 1. The number of phenols is 2. The molecule has 310 valence electrons. The Hall–Kier alpha value is -4.36. The van der Waals surface area contributed by atoms with Gasteiger partial charge in [-0.05, 0) is 36.2 Å². The van der Waals surface area contributed by atoms with Gasteiger partial charge in [-0.3, -0.25) is 23.5 Å². The third-order valence-electron chi connectivity index (χ3n) is 8.60. The number of rotatable bonds is 23. The van der Waals surface area contributed by atoms with Gasteiger partial charge in [-0.15, -0.1) is 0 Å². The van der Waals surface area contributed by atoms with Crippen molar-refractivity contribution in [2.45, 2.75) is 43.4 Å². The van der Waals surface area contributed by atoms with Crippen LogP contribution in [-0.2, 0) is 41.1 Å². The fraction of sp³-hybridized carbons (Fsp3) is 0.389. The standard InChI is InChI=1S/C36H44N2O17P2/c39-27(5-6-28(40)23-38-13-9-24(10-14-38)22-36(45,56(46,47)48)57(49,50)51)11-15-52-17-19-54-20-18-53-16-12-37-35(44)26-3-1-25(2-4-26)32-21-31(42)29-7-8-30(41)33(43)34(29)55-32/h1-4,7-10,13-14,21,28,40,45H,5-6,11-12,15-20,22-23H2,(H6-,37,41,42,43,44,46,47,48,49,50,51)/p+1. The third-order valence-corrected chi connectivity index (χ3v) is 12.3. The van der Waals surface area contributed by atoms with Gasteiger partial charge in [-0.1, -0.05) is 12.1 Å². The molecule has 0 aliphatic heterocycles. The molecule has 0 saturated carbocycles. The number of aliphatic hydroxyl groups excluding tert-OH is 1. The average Bonchev–Trinajstić information content (AvgIpc) is 3.15. The smallest absolute Gasteiger partial charge is 0.369 e. The molecule has 0 aliphatic rings. The summed E-state index contributed by atoms with van der Waals surface area (Å²) >= 11 is 0. The lowest BCUT2D eigenvalue weighted by atomic mass is 10.1. The molecule has 0 aliphatic carbocycles. The Balaban J connectivity index is 1.01. The van der Waals surface area contributed by atoms with E-state index in [1.54, 1.807) is 24.3 Å². The first-order valence-corrected chi connectivity index (χ1v) is 20.7.